The van der Waals surface area contributed by atoms with Crippen molar-refractivity contribution in [2.45, 2.75) is 13.8 Å². The fourth-order valence-electron chi connectivity index (χ4n) is 2.60. The number of methoxy groups -OCH3 is 1. The monoisotopic (exact) mass is 350 g/mol. The maximum atomic E-state index is 11.2. The fourth-order valence-corrected chi connectivity index (χ4v) is 2.60. The average molecular weight is 350 g/mol. The molecule has 2 amide bonds. The van der Waals surface area contributed by atoms with Gasteiger partial charge < -0.3 is 10.1 Å². The third-order valence-corrected chi connectivity index (χ3v) is 3.68. The normalized spacial score (nSPS) is 10.4. The summed E-state index contributed by atoms with van der Waals surface area (Å²) in [5.74, 6) is 0.229. The molecule has 0 unspecified atom stereocenters. The maximum Gasteiger partial charge on any atom is 0.233 e. The van der Waals surface area contributed by atoms with Crippen LogP contribution in [-0.4, -0.2) is 28.9 Å². The molecular formula is C19H18N4O3. The van der Waals surface area contributed by atoms with Gasteiger partial charge in [-0.15, -0.1) is 0 Å². The Morgan fingerprint density at radius 3 is 2.15 bits per heavy atom. The highest BCUT2D eigenvalue weighted by atomic mass is 16.5. The van der Waals surface area contributed by atoms with Crippen molar-refractivity contribution in [1.82, 2.24) is 9.97 Å². The van der Waals surface area contributed by atoms with Crippen LogP contribution in [0.25, 0.3) is 22.0 Å². The van der Waals surface area contributed by atoms with Crippen LogP contribution in [-0.2, 0) is 9.59 Å². The molecule has 1 heterocycles. The molecule has 0 aliphatic heterocycles. The number of hydrogen-bond acceptors (Lipinski definition) is 5. The zero-order valence-electron chi connectivity index (χ0n) is 14.7. The molecule has 26 heavy (non-hydrogen) atoms. The predicted octanol–water partition coefficient (Wildman–Crippen LogP) is 3.22. The number of aromatic nitrogens is 2. The number of rotatable bonds is 4. The first-order valence-corrected chi connectivity index (χ1v) is 7.97. The van der Waals surface area contributed by atoms with E-state index in [4.69, 9.17) is 4.74 Å². The lowest BCUT2D eigenvalue weighted by Gasteiger charge is -2.10. The molecule has 0 atom stereocenters. The van der Waals surface area contributed by atoms with Crippen molar-refractivity contribution in [2.24, 2.45) is 0 Å². The highest BCUT2D eigenvalue weighted by molar-refractivity contribution is 5.92. The summed E-state index contributed by atoms with van der Waals surface area (Å²) < 4.78 is 5.35. The summed E-state index contributed by atoms with van der Waals surface area (Å²) in [4.78, 5) is 30.9. The zero-order valence-corrected chi connectivity index (χ0v) is 14.7. The number of nitrogens with zero attached hydrogens (tertiary/aromatic N) is 2. The van der Waals surface area contributed by atoms with Crippen LogP contribution < -0.4 is 15.4 Å². The van der Waals surface area contributed by atoms with Crippen molar-refractivity contribution in [3.63, 3.8) is 0 Å². The van der Waals surface area contributed by atoms with Crippen LogP contribution in [0.5, 0.6) is 5.88 Å². The molecule has 0 bridgehead atoms. The van der Waals surface area contributed by atoms with Gasteiger partial charge in [-0.1, -0.05) is 18.2 Å². The summed E-state index contributed by atoms with van der Waals surface area (Å²) in [5.41, 5.74) is 3.34. The molecule has 1 aromatic heterocycles. The lowest BCUT2D eigenvalue weighted by atomic mass is 10.0. The number of amides is 2. The molecule has 132 valence electrons. The number of carbonyl (C=O) groups is 2. The lowest BCUT2D eigenvalue weighted by molar-refractivity contribution is -0.115. The highest BCUT2D eigenvalue weighted by Gasteiger charge is 2.11. The van der Waals surface area contributed by atoms with E-state index in [1.807, 2.05) is 42.5 Å². The summed E-state index contributed by atoms with van der Waals surface area (Å²) >= 11 is 0. The van der Waals surface area contributed by atoms with Crippen molar-refractivity contribution in [1.29, 1.82) is 0 Å². The third-order valence-electron chi connectivity index (χ3n) is 3.68. The first kappa shape index (κ1) is 17.3. The van der Waals surface area contributed by atoms with Crippen LogP contribution in [0, 0.1) is 0 Å². The lowest BCUT2D eigenvalue weighted by Crippen LogP contribution is -2.10. The number of ether oxygens (including phenoxy) is 1. The van der Waals surface area contributed by atoms with E-state index in [9.17, 15) is 9.59 Å². The topological polar surface area (TPSA) is 93.2 Å². The minimum Gasteiger partial charge on any atom is -0.480 e. The van der Waals surface area contributed by atoms with Crippen LogP contribution in [0.15, 0.2) is 42.5 Å². The first-order valence-electron chi connectivity index (χ1n) is 7.97. The Morgan fingerprint density at radius 2 is 1.54 bits per heavy atom. The van der Waals surface area contributed by atoms with Crippen molar-refractivity contribution in [3.05, 3.63) is 42.5 Å². The molecule has 0 radical (unpaired) electrons. The van der Waals surface area contributed by atoms with Gasteiger partial charge in [-0.05, 0) is 35.4 Å². The van der Waals surface area contributed by atoms with Gasteiger partial charge in [0.15, 0.2) is 0 Å². The molecular weight excluding hydrogens is 332 g/mol. The van der Waals surface area contributed by atoms with Gasteiger partial charge in [0.2, 0.25) is 23.6 Å². The van der Waals surface area contributed by atoms with E-state index in [0.29, 0.717) is 11.4 Å². The van der Waals surface area contributed by atoms with Crippen molar-refractivity contribution in [3.8, 4) is 17.0 Å². The Balaban J connectivity index is 2.00. The Morgan fingerprint density at radius 1 is 0.885 bits per heavy atom. The van der Waals surface area contributed by atoms with Gasteiger partial charge in [-0.25, -0.2) is 4.98 Å². The smallest absolute Gasteiger partial charge is 0.233 e. The second kappa shape index (κ2) is 7.18. The van der Waals surface area contributed by atoms with Crippen LogP contribution in [0.2, 0.25) is 0 Å². The van der Waals surface area contributed by atoms with Gasteiger partial charge in [0.25, 0.3) is 0 Å². The Bertz CT molecular complexity index is 984. The van der Waals surface area contributed by atoms with Crippen molar-refractivity contribution >= 4 is 34.4 Å². The van der Waals surface area contributed by atoms with Gasteiger partial charge in [0.05, 0.1) is 18.0 Å². The van der Waals surface area contributed by atoms with Crippen LogP contribution >= 0.6 is 0 Å². The largest absolute Gasteiger partial charge is 0.480 e. The standard InChI is InChI=1S/C19H18N4O3/c1-11(24)20-15-7-4-13(5-8-15)14-6-9-17-16(10-14)18(26-3)23-19(22-17)21-12(2)25/h4-10H,1-3H3,(H,20,24)(H,21,22,23,25). The van der Waals surface area contributed by atoms with Crippen LogP contribution in [0.3, 0.4) is 0 Å². The molecule has 2 N–H and O–H groups in total. The van der Waals surface area contributed by atoms with Crippen molar-refractivity contribution in [2.75, 3.05) is 17.7 Å². The van der Waals surface area contributed by atoms with E-state index in [-0.39, 0.29) is 17.8 Å². The molecule has 7 nitrogen and oxygen atoms in total. The predicted molar refractivity (Wildman–Crippen MR) is 100 cm³/mol. The molecule has 3 aromatic rings. The quantitative estimate of drug-likeness (QED) is 0.753. The molecule has 0 spiro atoms. The van der Waals surface area contributed by atoms with Gasteiger partial charge in [-0.3, -0.25) is 14.9 Å². The molecule has 0 aliphatic carbocycles. The number of benzene rings is 2. The molecule has 7 heteroatoms. The zero-order chi connectivity index (χ0) is 18.7. The first-order chi connectivity index (χ1) is 12.5. The molecule has 0 fully saturated rings. The Kier molecular flexibility index (Phi) is 4.79. The molecule has 0 aliphatic rings. The van der Waals surface area contributed by atoms with Gasteiger partial charge in [0, 0.05) is 19.5 Å². The maximum absolute atomic E-state index is 11.2. The fraction of sp³-hybridized carbons (Fsp3) is 0.158. The molecule has 2 aromatic carbocycles. The van der Waals surface area contributed by atoms with E-state index in [1.54, 1.807) is 0 Å². The van der Waals surface area contributed by atoms with E-state index in [1.165, 1.54) is 21.0 Å². The summed E-state index contributed by atoms with van der Waals surface area (Å²) in [6, 6.07) is 13.2. The second-order valence-electron chi connectivity index (χ2n) is 5.73. The van der Waals surface area contributed by atoms with E-state index in [0.717, 1.165) is 22.2 Å². The Labute approximate surface area is 150 Å². The van der Waals surface area contributed by atoms with Crippen LogP contribution in [0.1, 0.15) is 13.8 Å². The number of fused-ring (bicyclic) bond motifs is 1. The highest BCUT2D eigenvalue weighted by Crippen LogP contribution is 2.30. The number of anilines is 2. The van der Waals surface area contributed by atoms with Gasteiger partial charge in [0.1, 0.15) is 0 Å². The second-order valence-corrected chi connectivity index (χ2v) is 5.73. The minimum atomic E-state index is -0.248. The summed E-state index contributed by atoms with van der Waals surface area (Å²) in [5, 5.41) is 6.04. The summed E-state index contributed by atoms with van der Waals surface area (Å²) in [7, 11) is 1.52. The van der Waals surface area contributed by atoms with Crippen molar-refractivity contribution < 1.29 is 14.3 Å². The molecule has 0 saturated heterocycles. The number of carbonyl (C=O) groups excluding carboxylic acids is 2. The van der Waals surface area contributed by atoms with Gasteiger partial charge in [-0.2, -0.15) is 4.98 Å². The summed E-state index contributed by atoms with van der Waals surface area (Å²) in [6.07, 6.45) is 0. The van der Waals surface area contributed by atoms with E-state index in [2.05, 4.69) is 20.6 Å². The van der Waals surface area contributed by atoms with E-state index >= 15 is 0 Å². The number of hydrogen-bond donors (Lipinski definition) is 2. The average Bonchev–Trinajstić information content (AvgIpc) is 2.60. The molecule has 0 saturated carbocycles. The van der Waals surface area contributed by atoms with E-state index < -0.39 is 0 Å². The third kappa shape index (κ3) is 3.77. The minimum absolute atomic E-state index is 0.111. The SMILES string of the molecule is COc1nc(NC(C)=O)nc2ccc(-c3ccc(NC(C)=O)cc3)cc12. The van der Waals surface area contributed by atoms with Crippen LogP contribution in [0.4, 0.5) is 11.6 Å². The number of nitrogens with one attached hydrogen (secondary N) is 2. The Hall–Kier alpha value is -3.48. The van der Waals surface area contributed by atoms with Gasteiger partial charge >= 0.3 is 0 Å². The summed E-state index contributed by atoms with van der Waals surface area (Å²) in [6.45, 7) is 2.87. The molecule has 3 rings (SSSR count).